The first-order valence-corrected chi connectivity index (χ1v) is 4.43. The van der Waals surface area contributed by atoms with Crippen molar-refractivity contribution in [3.63, 3.8) is 0 Å². The summed E-state index contributed by atoms with van der Waals surface area (Å²) in [6.07, 6.45) is 4.84. The van der Waals surface area contributed by atoms with E-state index < -0.39 is 5.91 Å². The van der Waals surface area contributed by atoms with E-state index in [1.165, 1.54) is 0 Å². The molecule has 2 N–H and O–H groups in total. The molecule has 4 heteroatoms. The van der Waals surface area contributed by atoms with Gasteiger partial charge in [0, 0.05) is 23.5 Å². The molecule has 1 amide bonds. The fourth-order valence-electron chi connectivity index (χ4n) is 1.28. The second-order valence-corrected chi connectivity index (χ2v) is 3.04. The van der Waals surface area contributed by atoms with Gasteiger partial charge in [-0.05, 0) is 12.1 Å². The molecule has 0 saturated heterocycles. The van der Waals surface area contributed by atoms with Gasteiger partial charge in [-0.25, -0.2) is 0 Å². The summed E-state index contributed by atoms with van der Waals surface area (Å²) in [6.45, 7) is 0. The predicted octanol–water partition coefficient (Wildman–Crippen LogP) is 1.24. The lowest BCUT2D eigenvalue weighted by Gasteiger charge is -2.01. The van der Waals surface area contributed by atoms with Gasteiger partial charge in [-0.15, -0.1) is 0 Å². The van der Waals surface area contributed by atoms with Gasteiger partial charge in [-0.2, -0.15) is 0 Å². The molecule has 0 aliphatic rings. The van der Waals surface area contributed by atoms with Gasteiger partial charge < -0.3 is 5.73 Å². The Bertz CT molecular complexity index is 482. The van der Waals surface area contributed by atoms with Crippen LogP contribution in [-0.2, 0) is 0 Å². The van der Waals surface area contributed by atoms with Crippen molar-refractivity contribution in [2.75, 3.05) is 0 Å². The number of primary amides is 1. The standard InChI is InChI=1S/C11H9N3O/c12-11(15)9-3-1-2-8(6-9)10-7-13-4-5-14-10/h1-7H,(H2,12,15). The largest absolute Gasteiger partial charge is 0.366 e. The molecule has 2 aromatic rings. The summed E-state index contributed by atoms with van der Waals surface area (Å²) >= 11 is 0. The van der Waals surface area contributed by atoms with Crippen LogP contribution in [0, 0.1) is 0 Å². The predicted molar refractivity (Wildman–Crippen MR) is 56.0 cm³/mol. The Labute approximate surface area is 86.8 Å². The van der Waals surface area contributed by atoms with Crippen LogP contribution in [0.1, 0.15) is 10.4 Å². The van der Waals surface area contributed by atoms with E-state index in [0.717, 1.165) is 11.3 Å². The molecule has 1 aromatic heterocycles. The smallest absolute Gasteiger partial charge is 0.248 e. The number of amides is 1. The second kappa shape index (κ2) is 3.88. The van der Waals surface area contributed by atoms with Gasteiger partial charge in [0.05, 0.1) is 11.9 Å². The van der Waals surface area contributed by atoms with Crippen molar-refractivity contribution >= 4 is 5.91 Å². The zero-order valence-corrected chi connectivity index (χ0v) is 7.92. The molecule has 0 aliphatic heterocycles. The summed E-state index contributed by atoms with van der Waals surface area (Å²) in [7, 11) is 0. The number of hydrogen-bond acceptors (Lipinski definition) is 3. The fourth-order valence-corrected chi connectivity index (χ4v) is 1.28. The summed E-state index contributed by atoms with van der Waals surface area (Å²) in [6, 6.07) is 7.00. The molecule has 0 bridgehead atoms. The summed E-state index contributed by atoms with van der Waals surface area (Å²) in [4.78, 5) is 19.1. The summed E-state index contributed by atoms with van der Waals surface area (Å²) < 4.78 is 0. The number of nitrogens with two attached hydrogens (primary N) is 1. The Morgan fingerprint density at radius 1 is 1.27 bits per heavy atom. The Morgan fingerprint density at radius 3 is 2.80 bits per heavy atom. The average molecular weight is 199 g/mol. The number of carbonyl (C=O) groups is 1. The van der Waals surface area contributed by atoms with Crippen molar-refractivity contribution in [1.29, 1.82) is 0 Å². The Kier molecular flexibility index (Phi) is 2.41. The van der Waals surface area contributed by atoms with Crippen LogP contribution >= 0.6 is 0 Å². The van der Waals surface area contributed by atoms with Gasteiger partial charge in [-0.1, -0.05) is 12.1 Å². The van der Waals surface area contributed by atoms with E-state index in [9.17, 15) is 4.79 Å². The normalized spacial score (nSPS) is 9.87. The van der Waals surface area contributed by atoms with E-state index in [2.05, 4.69) is 9.97 Å². The molecule has 1 heterocycles. The van der Waals surface area contributed by atoms with Gasteiger partial charge in [0.25, 0.3) is 0 Å². The van der Waals surface area contributed by atoms with Crippen molar-refractivity contribution in [3.05, 3.63) is 48.4 Å². The van der Waals surface area contributed by atoms with E-state index in [1.54, 1.807) is 36.8 Å². The van der Waals surface area contributed by atoms with Crippen LogP contribution < -0.4 is 5.73 Å². The van der Waals surface area contributed by atoms with Crippen molar-refractivity contribution in [1.82, 2.24) is 9.97 Å². The SMILES string of the molecule is NC(=O)c1cccc(-c2cnccn2)c1. The molecule has 0 aliphatic carbocycles. The van der Waals surface area contributed by atoms with Crippen molar-refractivity contribution in [2.24, 2.45) is 5.73 Å². The van der Waals surface area contributed by atoms with Gasteiger partial charge in [-0.3, -0.25) is 14.8 Å². The molecule has 0 atom stereocenters. The molecule has 0 saturated carbocycles. The maximum atomic E-state index is 11.0. The van der Waals surface area contributed by atoms with E-state index in [4.69, 9.17) is 5.73 Å². The molecule has 0 fully saturated rings. The molecule has 4 nitrogen and oxygen atoms in total. The third-order valence-electron chi connectivity index (χ3n) is 2.01. The molecular formula is C11H9N3O. The Hall–Kier alpha value is -2.23. The van der Waals surface area contributed by atoms with Gasteiger partial charge in [0.15, 0.2) is 0 Å². The molecule has 1 aromatic carbocycles. The Balaban J connectivity index is 2.46. The van der Waals surface area contributed by atoms with Crippen LogP contribution in [0.15, 0.2) is 42.9 Å². The maximum Gasteiger partial charge on any atom is 0.248 e. The zero-order valence-electron chi connectivity index (χ0n) is 7.92. The first kappa shape index (κ1) is 9.33. The number of nitrogens with zero attached hydrogens (tertiary/aromatic N) is 2. The van der Waals surface area contributed by atoms with Crippen LogP contribution in [0.25, 0.3) is 11.3 Å². The van der Waals surface area contributed by atoms with E-state index in [0.29, 0.717) is 5.56 Å². The third kappa shape index (κ3) is 1.99. The lowest BCUT2D eigenvalue weighted by Crippen LogP contribution is -2.10. The minimum Gasteiger partial charge on any atom is -0.366 e. The highest BCUT2D eigenvalue weighted by molar-refractivity contribution is 5.93. The van der Waals surface area contributed by atoms with Gasteiger partial charge in [0.2, 0.25) is 5.91 Å². The van der Waals surface area contributed by atoms with Crippen LogP contribution in [0.3, 0.4) is 0 Å². The van der Waals surface area contributed by atoms with E-state index >= 15 is 0 Å². The number of rotatable bonds is 2. The molecule has 74 valence electrons. The van der Waals surface area contributed by atoms with Crippen molar-refractivity contribution in [2.45, 2.75) is 0 Å². The highest BCUT2D eigenvalue weighted by Gasteiger charge is 2.03. The number of carbonyl (C=O) groups excluding carboxylic acids is 1. The second-order valence-electron chi connectivity index (χ2n) is 3.04. The molecular weight excluding hydrogens is 190 g/mol. The zero-order chi connectivity index (χ0) is 10.7. The lowest BCUT2D eigenvalue weighted by molar-refractivity contribution is 0.100. The minimum absolute atomic E-state index is 0.444. The molecule has 0 spiro atoms. The fraction of sp³-hybridized carbons (Fsp3) is 0. The van der Waals surface area contributed by atoms with E-state index in [-0.39, 0.29) is 0 Å². The molecule has 15 heavy (non-hydrogen) atoms. The van der Waals surface area contributed by atoms with E-state index in [1.807, 2.05) is 6.07 Å². The highest BCUT2D eigenvalue weighted by Crippen LogP contribution is 2.16. The number of aromatic nitrogens is 2. The Morgan fingerprint density at radius 2 is 2.13 bits per heavy atom. The monoisotopic (exact) mass is 199 g/mol. The van der Waals surface area contributed by atoms with Gasteiger partial charge in [0.1, 0.15) is 0 Å². The van der Waals surface area contributed by atoms with Gasteiger partial charge >= 0.3 is 0 Å². The molecule has 2 rings (SSSR count). The summed E-state index contributed by atoms with van der Waals surface area (Å²) in [5, 5.41) is 0. The minimum atomic E-state index is -0.444. The highest BCUT2D eigenvalue weighted by atomic mass is 16.1. The van der Waals surface area contributed by atoms with Crippen molar-refractivity contribution in [3.8, 4) is 11.3 Å². The molecule has 0 radical (unpaired) electrons. The number of benzene rings is 1. The van der Waals surface area contributed by atoms with Crippen LogP contribution in [0.4, 0.5) is 0 Å². The average Bonchev–Trinajstić information content (AvgIpc) is 2.30. The van der Waals surface area contributed by atoms with Crippen molar-refractivity contribution < 1.29 is 4.79 Å². The first-order valence-electron chi connectivity index (χ1n) is 4.43. The van der Waals surface area contributed by atoms with Crippen LogP contribution in [0.2, 0.25) is 0 Å². The van der Waals surface area contributed by atoms with Crippen LogP contribution in [0.5, 0.6) is 0 Å². The topological polar surface area (TPSA) is 68.9 Å². The first-order chi connectivity index (χ1) is 7.27. The summed E-state index contributed by atoms with van der Waals surface area (Å²) in [5.41, 5.74) is 7.21. The maximum absolute atomic E-state index is 11.0. The quantitative estimate of drug-likeness (QED) is 0.791. The molecule has 0 unspecified atom stereocenters. The lowest BCUT2D eigenvalue weighted by atomic mass is 10.1. The van der Waals surface area contributed by atoms with Crippen LogP contribution in [-0.4, -0.2) is 15.9 Å². The number of hydrogen-bond donors (Lipinski definition) is 1. The summed E-state index contributed by atoms with van der Waals surface area (Å²) in [5.74, 6) is -0.444. The third-order valence-corrected chi connectivity index (χ3v) is 2.01.